The van der Waals surface area contributed by atoms with Gasteiger partial charge in [0.15, 0.2) is 0 Å². The largest absolute Gasteiger partial charge is 0.381 e. The Balaban J connectivity index is 1.35. The second-order valence-electron chi connectivity index (χ2n) is 8.34. The van der Waals surface area contributed by atoms with Crippen molar-refractivity contribution in [3.05, 3.63) is 76.2 Å². The molecule has 0 atom stereocenters. The summed E-state index contributed by atoms with van der Waals surface area (Å²) in [5, 5.41) is 9.97. The zero-order valence-electron chi connectivity index (χ0n) is 18.6. The molecule has 3 heterocycles. The Bertz CT molecular complexity index is 1300. The summed E-state index contributed by atoms with van der Waals surface area (Å²) >= 11 is 1.56. The van der Waals surface area contributed by atoms with Crippen LogP contribution in [-0.2, 0) is 10.2 Å². The Morgan fingerprint density at radius 1 is 1.12 bits per heavy atom. The number of thiazole rings is 1. The monoisotopic (exact) mass is 478 g/mol. The highest BCUT2D eigenvalue weighted by Gasteiger charge is 2.38. The predicted octanol–water partition coefficient (Wildman–Crippen LogP) is 4.79. The lowest BCUT2D eigenvalue weighted by Crippen LogP contribution is -2.44. The van der Waals surface area contributed by atoms with Crippen LogP contribution < -0.4 is 5.32 Å². The van der Waals surface area contributed by atoms with E-state index in [9.17, 15) is 9.18 Å². The van der Waals surface area contributed by atoms with Crippen molar-refractivity contribution in [3.8, 4) is 22.6 Å². The van der Waals surface area contributed by atoms with Crippen LogP contribution in [0.4, 0.5) is 4.39 Å². The second-order valence-corrected chi connectivity index (χ2v) is 9.20. The standard InChI is InChI=1S/C25H23FN4O3S/c1-16-28-22(30-33-16)18-3-2-4-19(13-18)23(31)27-15-25(9-11-32-12-10-25)24-29-21(14-34-24)17-5-7-20(26)8-6-17/h2-8,13-14H,9-12,15H2,1H3,(H,27,31). The number of benzene rings is 2. The van der Waals surface area contributed by atoms with E-state index in [0.717, 1.165) is 29.1 Å². The van der Waals surface area contributed by atoms with Crippen LogP contribution >= 0.6 is 11.3 Å². The van der Waals surface area contributed by atoms with Crippen molar-refractivity contribution >= 4 is 17.2 Å². The maximum atomic E-state index is 13.3. The highest BCUT2D eigenvalue weighted by Crippen LogP contribution is 2.38. The molecule has 0 spiro atoms. The molecule has 1 amide bonds. The number of amides is 1. The van der Waals surface area contributed by atoms with Gasteiger partial charge in [0.25, 0.3) is 5.91 Å². The van der Waals surface area contributed by atoms with Gasteiger partial charge in [0.05, 0.1) is 5.69 Å². The van der Waals surface area contributed by atoms with E-state index in [1.807, 2.05) is 11.4 Å². The van der Waals surface area contributed by atoms with Gasteiger partial charge >= 0.3 is 0 Å². The van der Waals surface area contributed by atoms with Gasteiger partial charge in [-0.15, -0.1) is 11.3 Å². The molecular weight excluding hydrogens is 455 g/mol. The lowest BCUT2D eigenvalue weighted by molar-refractivity contribution is 0.0486. The molecule has 1 N–H and O–H groups in total. The van der Waals surface area contributed by atoms with Crippen LogP contribution in [0.15, 0.2) is 58.4 Å². The molecule has 4 aromatic rings. The number of carbonyl (C=O) groups excluding carboxylic acids is 1. The molecule has 0 radical (unpaired) electrons. The van der Waals surface area contributed by atoms with Gasteiger partial charge < -0.3 is 14.6 Å². The van der Waals surface area contributed by atoms with E-state index >= 15 is 0 Å². The molecular formula is C25H23FN4O3S. The number of halogens is 1. The minimum Gasteiger partial charge on any atom is -0.381 e. The van der Waals surface area contributed by atoms with E-state index in [1.165, 1.54) is 12.1 Å². The Morgan fingerprint density at radius 3 is 2.65 bits per heavy atom. The zero-order chi connectivity index (χ0) is 23.5. The van der Waals surface area contributed by atoms with E-state index < -0.39 is 0 Å². The minimum atomic E-state index is -0.320. The van der Waals surface area contributed by atoms with Gasteiger partial charge in [-0.05, 0) is 49.2 Å². The summed E-state index contributed by atoms with van der Waals surface area (Å²) in [4.78, 5) is 22.2. The van der Waals surface area contributed by atoms with Crippen LogP contribution in [0.25, 0.3) is 22.6 Å². The molecule has 0 saturated carbocycles. The first-order valence-electron chi connectivity index (χ1n) is 11.0. The molecule has 1 saturated heterocycles. The fraction of sp³-hybridized carbons (Fsp3) is 0.280. The summed E-state index contributed by atoms with van der Waals surface area (Å²) in [6.07, 6.45) is 1.51. The summed E-state index contributed by atoms with van der Waals surface area (Å²) in [7, 11) is 0. The van der Waals surface area contributed by atoms with Gasteiger partial charge in [0, 0.05) is 54.2 Å². The van der Waals surface area contributed by atoms with Crippen LogP contribution in [0.5, 0.6) is 0 Å². The van der Waals surface area contributed by atoms with Crippen molar-refractivity contribution in [1.29, 1.82) is 0 Å². The van der Waals surface area contributed by atoms with Crippen molar-refractivity contribution < 1.29 is 18.4 Å². The summed E-state index contributed by atoms with van der Waals surface area (Å²) in [5.41, 5.74) is 2.59. The average molecular weight is 479 g/mol. The first-order valence-corrected chi connectivity index (χ1v) is 11.9. The number of nitrogens with zero attached hydrogens (tertiary/aromatic N) is 3. The molecule has 34 heavy (non-hydrogen) atoms. The van der Waals surface area contributed by atoms with Crippen LogP contribution in [0.2, 0.25) is 0 Å². The Labute approximate surface area is 200 Å². The molecule has 2 aromatic heterocycles. The van der Waals surface area contributed by atoms with Crippen LogP contribution in [0.3, 0.4) is 0 Å². The molecule has 1 fully saturated rings. The highest BCUT2D eigenvalue weighted by atomic mass is 32.1. The zero-order valence-corrected chi connectivity index (χ0v) is 19.4. The van der Waals surface area contributed by atoms with Crippen molar-refractivity contribution in [2.45, 2.75) is 25.2 Å². The van der Waals surface area contributed by atoms with Gasteiger partial charge in [0.1, 0.15) is 10.8 Å². The smallest absolute Gasteiger partial charge is 0.251 e. The average Bonchev–Trinajstić information content (AvgIpc) is 3.54. The van der Waals surface area contributed by atoms with E-state index in [2.05, 4.69) is 15.5 Å². The number of ether oxygens (including phenoxy) is 1. The van der Waals surface area contributed by atoms with Crippen LogP contribution in [0, 0.1) is 12.7 Å². The number of nitrogens with one attached hydrogen (secondary N) is 1. The number of aromatic nitrogens is 3. The van der Waals surface area contributed by atoms with Gasteiger partial charge in [-0.3, -0.25) is 4.79 Å². The molecule has 1 aliphatic rings. The first-order chi connectivity index (χ1) is 16.5. The third-order valence-electron chi connectivity index (χ3n) is 6.05. The SMILES string of the molecule is Cc1nc(-c2cccc(C(=O)NCC3(c4nc(-c5ccc(F)cc5)cs4)CCOCC3)c2)no1. The first kappa shape index (κ1) is 22.4. The minimum absolute atomic E-state index is 0.178. The van der Waals surface area contributed by atoms with Crippen molar-refractivity contribution in [1.82, 2.24) is 20.4 Å². The fourth-order valence-electron chi connectivity index (χ4n) is 4.07. The van der Waals surface area contributed by atoms with E-state index in [4.69, 9.17) is 14.2 Å². The Hall–Kier alpha value is -3.43. The number of hydrogen-bond donors (Lipinski definition) is 1. The van der Waals surface area contributed by atoms with E-state index in [-0.39, 0.29) is 17.1 Å². The quantitative estimate of drug-likeness (QED) is 0.429. The van der Waals surface area contributed by atoms with Gasteiger partial charge in [0.2, 0.25) is 11.7 Å². The third-order valence-corrected chi connectivity index (χ3v) is 7.13. The van der Waals surface area contributed by atoms with Gasteiger partial charge in [-0.1, -0.05) is 17.3 Å². The van der Waals surface area contributed by atoms with Crippen molar-refractivity contribution in [2.75, 3.05) is 19.8 Å². The number of carbonyl (C=O) groups is 1. The van der Waals surface area contributed by atoms with Crippen LogP contribution in [-0.4, -0.2) is 40.8 Å². The topological polar surface area (TPSA) is 90.1 Å². The lowest BCUT2D eigenvalue weighted by atomic mass is 9.80. The van der Waals surface area contributed by atoms with Crippen molar-refractivity contribution in [3.63, 3.8) is 0 Å². The van der Waals surface area contributed by atoms with Crippen LogP contribution in [0.1, 0.15) is 34.1 Å². The summed E-state index contributed by atoms with van der Waals surface area (Å²) in [6.45, 7) is 3.37. The fourth-order valence-corrected chi connectivity index (χ4v) is 5.16. The molecule has 2 aromatic carbocycles. The normalized spacial score (nSPS) is 15.2. The molecule has 174 valence electrons. The molecule has 1 aliphatic heterocycles. The lowest BCUT2D eigenvalue weighted by Gasteiger charge is -2.35. The molecule has 0 unspecified atom stereocenters. The third kappa shape index (κ3) is 4.62. The number of rotatable bonds is 6. The molecule has 9 heteroatoms. The highest BCUT2D eigenvalue weighted by molar-refractivity contribution is 7.10. The molecule has 5 rings (SSSR count). The Morgan fingerprint density at radius 2 is 1.91 bits per heavy atom. The molecule has 0 aliphatic carbocycles. The number of hydrogen-bond acceptors (Lipinski definition) is 7. The second kappa shape index (κ2) is 9.44. The van der Waals surface area contributed by atoms with Gasteiger partial charge in [-0.2, -0.15) is 4.98 Å². The number of aryl methyl sites for hydroxylation is 1. The maximum Gasteiger partial charge on any atom is 0.251 e. The maximum absolute atomic E-state index is 13.3. The summed E-state index contributed by atoms with van der Waals surface area (Å²) in [5.74, 6) is 0.462. The molecule has 0 bridgehead atoms. The van der Waals surface area contributed by atoms with Gasteiger partial charge in [-0.25, -0.2) is 9.37 Å². The molecule has 7 nitrogen and oxygen atoms in total. The summed E-state index contributed by atoms with van der Waals surface area (Å²) < 4.78 is 24.0. The van der Waals surface area contributed by atoms with E-state index in [0.29, 0.717) is 42.6 Å². The van der Waals surface area contributed by atoms with Crippen molar-refractivity contribution in [2.24, 2.45) is 0 Å². The Kier molecular flexibility index (Phi) is 6.21. The predicted molar refractivity (Wildman–Crippen MR) is 126 cm³/mol. The van der Waals surface area contributed by atoms with E-state index in [1.54, 1.807) is 48.6 Å². The summed E-state index contributed by atoms with van der Waals surface area (Å²) in [6, 6.07) is 13.5.